The fourth-order valence-electron chi connectivity index (χ4n) is 2.26. The van der Waals surface area contributed by atoms with Crippen molar-refractivity contribution in [3.8, 4) is 11.4 Å². The highest BCUT2D eigenvalue weighted by molar-refractivity contribution is 5.94. The molecule has 0 radical (unpaired) electrons. The number of hydrogen-bond acceptors (Lipinski definition) is 4. The zero-order valence-electron chi connectivity index (χ0n) is 14.0. The highest BCUT2D eigenvalue weighted by Crippen LogP contribution is 2.16. The number of ether oxygens (including phenoxy) is 1. The molecule has 1 N–H and O–H groups in total. The number of aliphatic carboxylic acids is 1. The van der Waals surface area contributed by atoms with Gasteiger partial charge in [0.15, 0.2) is 5.69 Å². The van der Waals surface area contributed by atoms with Crippen LogP contribution in [-0.2, 0) is 4.79 Å². The van der Waals surface area contributed by atoms with Gasteiger partial charge in [0.1, 0.15) is 12.3 Å². The van der Waals surface area contributed by atoms with E-state index in [1.54, 1.807) is 36.2 Å². The van der Waals surface area contributed by atoms with Gasteiger partial charge in [-0.15, -0.1) is 0 Å². The molecular weight excluding hydrogens is 310 g/mol. The van der Waals surface area contributed by atoms with E-state index in [4.69, 9.17) is 9.84 Å². The zero-order chi connectivity index (χ0) is 17.7. The summed E-state index contributed by atoms with van der Waals surface area (Å²) in [5.41, 5.74) is 0.996. The van der Waals surface area contributed by atoms with Gasteiger partial charge in [0.2, 0.25) is 0 Å². The Balaban J connectivity index is 2.23. The molecule has 1 amide bonds. The van der Waals surface area contributed by atoms with Gasteiger partial charge in [-0.25, -0.2) is 4.68 Å². The first-order valence-corrected chi connectivity index (χ1v) is 7.69. The van der Waals surface area contributed by atoms with Crippen molar-refractivity contribution in [2.75, 3.05) is 13.7 Å². The van der Waals surface area contributed by atoms with Gasteiger partial charge >= 0.3 is 5.97 Å². The van der Waals surface area contributed by atoms with Crippen LogP contribution in [0.2, 0.25) is 0 Å². The van der Waals surface area contributed by atoms with E-state index >= 15 is 0 Å². The fourth-order valence-corrected chi connectivity index (χ4v) is 2.26. The molecule has 1 unspecified atom stereocenters. The minimum absolute atomic E-state index is 0.181. The van der Waals surface area contributed by atoms with Gasteiger partial charge in [-0.2, -0.15) is 5.10 Å². The standard InChI is InChI=1S/C17H21N3O4/c1-4-12(2)19(11-16(21)22)17(23)15-9-10-20(18-15)13-5-7-14(24-3)8-6-13/h5-10,12H,4,11H2,1-3H3,(H,21,22). The van der Waals surface area contributed by atoms with Crippen LogP contribution >= 0.6 is 0 Å². The molecule has 0 aliphatic rings. The molecule has 0 fully saturated rings. The zero-order valence-corrected chi connectivity index (χ0v) is 14.0. The molecule has 1 heterocycles. The fraction of sp³-hybridized carbons (Fsp3) is 0.353. The number of carboxylic acids is 1. The maximum absolute atomic E-state index is 12.6. The summed E-state index contributed by atoms with van der Waals surface area (Å²) in [6.45, 7) is 3.38. The lowest BCUT2D eigenvalue weighted by Gasteiger charge is -2.26. The van der Waals surface area contributed by atoms with Crippen molar-refractivity contribution in [3.63, 3.8) is 0 Å². The molecule has 2 rings (SSSR count). The third-order valence-electron chi connectivity index (χ3n) is 3.83. The Labute approximate surface area is 140 Å². The number of aromatic nitrogens is 2. The predicted octanol–water partition coefficient (Wildman–Crippen LogP) is 2.21. The third kappa shape index (κ3) is 3.92. The number of carbonyl (C=O) groups excluding carboxylic acids is 1. The normalized spacial score (nSPS) is 11.8. The van der Waals surface area contributed by atoms with E-state index in [-0.39, 0.29) is 24.2 Å². The van der Waals surface area contributed by atoms with Crippen molar-refractivity contribution in [2.45, 2.75) is 26.3 Å². The van der Waals surface area contributed by atoms with Crippen molar-refractivity contribution < 1.29 is 19.4 Å². The second-order valence-corrected chi connectivity index (χ2v) is 5.43. The van der Waals surface area contributed by atoms with Crippen molar-refractivity contribution >= 4 is 11.9 Å². The van der Waals surface area contributed by atoms with E-state index in [1.807, 2.05) is 26.0 Å². The summed E-state index contributed by atoms with van der Waals surface area (Å²) >= 11 is 0. The number of amides is 1. The Morgan fingerprint density at radius 3 is 2.50 bits per heavy atom. The molecule has 0 saturated carbocycles. The first-order valence-electron chi connectivity index (χ1n) is 7.69. The molecule has 0 aliphatic carbocycles. The van der Waals surface area contributed by atoms with Crippen molar-refractivity contribution in [2.24, 2.45) is 0 Å². The monoisotopic (exact) mass is 331 g/mol. The lowest BCUT2D eigenvalue weighted by Crippen LogP contribution is -2.42. The molecule has 7 nitrogen and oxygen atoms in total. The molecule has 0 spiro atoms. The molecule has 7 heteroatoms. The SMILES string of the molecule is CCC(C)N(CC(=O)O)C(=O)c1ccn(-c2ccc(OC)cc2)n1. The van der Waals surface area contributed by atoms with Crippen molar-refractivity contribution in [1.29, 1.82) is 0 Å². The van der Waals surface area contributed by atoms with Crippen LogP contribution in [-0.4, -0.2) is 51.4 Å². The Bertz CT molecular complexity index is 709. The van der Waals surface area contributed by atoms with Gasteiger partial charge < -0.3 is 14.7 Å². The lowest BCUT2D eigenvalue weighted by molar-refractivity contribution is -0.138. The van der Waals surface area contributed by atoms with Crippen LogP contribution < -0.4 is 4.74 Å². The summed E-state index contributed by atoms with van der Waals surface area (Å²) in [5.74, 6) is -0.705. The van der Waals surface area contributed by atoms with Crippen molar-refractivity contribution in [3.05, 3.63) is 42.2 Å². The highest BCUT2D eigenvalue weighted by atomic mass is 16.5. The number of rotatable bonds is 7. The van der Waals surface area contributed by atoms with E-state index in [1.165, 1.54) is 4.90 Å². The third-order valence-corrected chi connectivity index (χ3v) is 3.83. The number of hydrogen-bond donors (Lipinski definition) is 1. The van der Waals surface area contributed by atoms with E-state index in [0.29, 0.717) is 6.42 Å². The van der Waals surface area contributed by atoms with Crippen LogP contribution in [0, 0.1) is 0 Å². The topological polar surface area (TPSA) is 84.7 Å². The van der Waals surface area contributed by atoms with Crippen LogP contribution in [0.5, 0.6) is 5.75 Å². The van der Waals surface area contributed by atoms with Gasteiger partial charge in [0.05, 0.1) is 12.8 Å². The minimum Gasteiger partial charge on any atom is -0.497 e. The molecule has 0 bridgehead atoms. The van der Waals surface area contributed by atoms with Gasteiger partial charge in [-0.3, -0.25) is 9.59 Å². The molecule has 24 heavy (non-hydrogen) atoms. The average Bonchev–Trinajstić information content (AvgIpc) is 3.08. The molecule has 1 atom stereocenters. The molecule has 128 valence electrons. The molecule has 1 aromatic carbocycles. The average molecular weight is 331 g/mol. The molecular formula is C17H21N3O4. The molecule has 1 aromatic heterocycles. The Hall–Kier alpha value is -2.83. The first-order chi connectivity index (χ1) is 11.5. The maximum atomic E-state index is 12.6. The number of carbonyl (C=O) groups is 2. The number of carboxylic acid groups (broad SMARTS) is 1. The van der Waals surface area contributed by atoms with Gasteiger partial charge in [-0.1, -0.05) is 6.92 Å². The van der Waals surface area contributed by atoms with Crippen LogP contribution in [0.4, 0.5) is 0 Å². The van der Waals surface area contributed by atoms with E-state index in [9.17, 15) is 9.59 Å². The lowest BCUT2D eigenvalue weighted by atomic mass is 10.2. The number of methoxy groups -OCH3 is 1. The number of nitrogens with zero attached hydrogens (tertiary/aromatic N) is 3. The van der Waals surface area contributed by atoms with Crippen LogP contribution in [0.15, 0.2) is 36.5 Å². The van der Waals surface area contributed by atoms with Gasteiger partial charge in [-0.05, 0) is 43.7 Å². The van der Waals surface area contributed by atoms with Crippen LogP contribution in [0.3, 0.4) is 0 Å². The minimum atomic E-state index is -1.04. The molecule has 2 aromatic rings. The second kappa shape index (κ2) is 7.63. The van der Waals surface area contributed by atoms with Gasteiger partial charge in [0.25, 0.3) is 5.91 Å². The quantitative estimate of drug-likeness (QED) is 0.841. The summed E-state index contributed by atoms with van der Waals surface area (Å²) in [6, 6.07) is 8.65. The Kier molecular flexibility index (Phi) is 5.57. The maximum Gasteiger partial charge on any atom is 0.323 e. The summed E-state index contributed by atoms with van der Waals surface area (Å²) in [6.07, 6.45) is 2.34. The predicted molar refractivity (Wildman–Crippen MR) is 88.5 cm³/mol. The van der Waals surface area contributed by atoms with Crippen LogP contribution in [0.25, 0.3) is 5.69 Å². The highest BCUT2D eigenvalue weighted by Gasteiger charge is 2.24. The van der Waals surface area contributed by atoms with Crippen molar-refractivity contribution in [1.82, 2.24) is 14.7 Å². The molecule has 0 aliphatic heterocycles. The number of benzene rings is 1. The van der Waals surface area contributed by atoms with E-state index in [2.05, 4.69) is 5.10 Å². The Morgan fingerprint density at radius 1 is 1.29 bits per heavy atom. The molecule has 0 saturated heterocycles. The van der Waals surface area contributed by atoms with Gasteiger partial charge in [0, 0.05) is 12.2 Å². The largest absolute Gasteiger partial charge is 0.497 e. The first kappa shape index (κ1) is 17.5. The van der Waals surface area contributed by atoms with Crippen LogP contribution in [0.1, 0.15) is 30.8 Å². The smallest absolute Gasteiger partial charge is 0.323 e. The summed E-state index contributed by atoms with van der Waals surface area (Å²) in [7, 11) is 1.59. The van der Waals surface area contributed by atoms with E-state index in [0.717, 1.165) is 11.4 Å². The summed E-state index contributed by atoms with van der Waals surface area (Å²) in [4.78, 5) is 24.9. The second-order valence-electron chi connectivity index (χ2n) is 5.43. The summed E-state index contributed by atoms with van der Waals surface area (Å²) in [5, 5.41) is 13.3. The Morgan fingerprint density at radius 2 is 1.96 bits per heavy atom. The van der Waals surface area contributed by atoms with E-state index < -0.39 is 5.97 Å². The summed E-state index contributed by atoms with van der Waals surface area (Å²) < 4.78 is 6.68.